The predicted molar refractivity (Wildman–Crippen MR) is 93.2 cm³/mol. The Bertz CT molecular complexity index is 893. The van der Waals surface area contributed by atoms with E-state index in [1.165, 1.54) is 17.0 Å². The number of hydrogen-bond acceptors (Lipinski definition) is 4. The number of piperidine rings is 1. The second kappa shape index (κ2) is 6.77. The molecule has 1 aromatic carbocycles. The van der Waals surface area contributed by atoms with Gasteiger partial charge in [0.25, 0.3) is 5.91 Å². The molecule has 1 aliphatic heterocycles. The van der Waals surface area contributed by atoms with Crippen LogP contribution in [0.5, 0.6) is 0 Å². The van der Waals surface area contributed by atoms with Gasteiger partial charge in [-0.05, 0) is 56.4 Å². The lowest BCUT2D eigenvalue weighted by Gasteiger charge is -2.36. The Balaban J connectivity index is 1.73. The first-order chi connectivity index (χ1) is 13.0. The average Bonchev–Trinajstić information content (AvgIpc) is 3.24. The molecule has 1 aromatic heterocycles. The van der Waals surface area contributed by atoms with Crippen LogP contribution < -0.4 is 0 Å². The number of carbonyl (C=O) groups excluding carboxylic acids is 1. The van der Waals surface area contributed by atoms with Gasteiger partial charge in [0.2, 0.25) is 0 Å². The molecule has 0 bridgehead atoms. The molecule has 7 nitrogen and oxygen atoms in total. The minimum atomic E-state index is -1.26. The van der Waals surface area contributed by atoms with Crippen molar-refractivity contribution in [3.05, 3.63) is 47.0 Å². The van der Waals surface area contributed by atoms with E-state index in [4.69, 9.17) is 0 Å². The Hall–Kier alpha value is -2.74. The highest BCUT2D eigenvalue weighted by Crippen LogP contribution is 2.30. The molecule has 2 aliphatic rings. The van der Waals surface area contributed by atoms with Gasteiger partial charge in [0.05, 0.1) is 11.8 Å². The van der Waals surface area contributed by atoms with Crippen LogP contribution in [0, 0.1) is 5.82 Å². The summed E-state index contributed by atoms with van der Waals surface area (Å²) in [6.07, 6.45) is 2.11. The van der Waals surface area contributed by atoms with Crippen molar-refractivity contribution in [1.82, 2.24) is 14.7 Å². The monoisotopic (exact) mass is 373 g/mol. The van der Waals surface area contributed by atoms with E-state index in [1.807, 2.05) is 0 Å². The van der Waals surface area contributed by atoms with Crippen molar-refractivity contribution in [1.29, 1.82) is 0 Å². The van der Waals surface area contributed by atoms with E-state index >= 15 is 0 Å². The number of hydrogen-bond donors (Lipinski definition) is 2. The van der Waals surface area contributed by atoms with Gasteiger partial charge in [-0.25, -0.2) is 13.9 Å². The number of aliphatic hydroxyl groups is 1. The van der Waals surface area contributed by atoms with E-state index in [1.54, 1.807) is 16.8 Å². The van der Waals surface area contributed by atoms with Crippen LogP contribution in [-0.4, -0.2) is 55.5 Å². The Morgan fingerprint density at radius 2 is 1.89 bits per heavy atom. The van der Waals surface area contributed by atoms with Crippen molar-refractivity contribution in [3.8, 4) is 5.69 Å². The van der Waals surface area contributed by atoms with Gasteiger partial charge >= 0.3 is 5.97 Å². The van der Waals surface area contributed by atoms with Crippen molar-refractivity contribution in [2.24, 2.45) is 0 Å². The quantitative estimate of drug-likeness (QED) is 0.851. The van der Waals surface area contributed by atoms with Crippen LogP contribution in [0.25, 0.3) is 5.69 Å². The molecule has 2 N–H and O–H groups in total. The number of aliphatic hydroxyl groups excluding tert-OH is 1. The van der Waals surface area contributed by atoms with Crippen LogP contribution >= 0.6 is 0 Å². The molecule has 4 rings (SSSR count). The SMILES string of the molecule is O=C(O)C1C(O)CCCN1C(=O)c1nn(-c2ccc(F)cc2)c2c1CCC2. The number of carboxylic acid groups (broad SMARTS) is 1. The van der Waals surface area contributed by atoms with Gasteiger partial charge in [-0.15, -0.1) is 0 Å². The summed E-state index contributed by atoms with van der Waals surface area (Å²) >= 11 is 0. The van der Waals surface area contributed by atoms with E-state index in [2.05, 4.69) is 5.10 Å². The highest BCUT2D eigenvalue weighted by atomic mass is 19.1. The third-order valence-electron chi connectivity index (χ3n) is 5.32. The first-order valence-corrected chi connectivity index (χ1v) is 9.06. The molecule has 142 valence electrons. The summed E-state index contributed by atoms with van der Waals surface area (Å²) in [4.78, 5) is 25.9. The molecule has 1 fully saturated rings. The van der Waals surface area contributed by atoms with Crippen LogP contribution in [-0.2, 0) is 17.6 Å². The first-order valence-electron chi connectivity index (χ1n) is 9.06. The fourth-order valence-electron chi connectivity index (χ4n) is 4.04. The highest BCUT2D eigenvalue weighted by Gasteiger charge is 2.41. The van der Waals surface area contributed by atoms with E-state index in [9.17, 15) is 24.2 Å². The second-order valence-electron chi connectivity index (χ2n) is 7.01. The number of benzene rings is 1. The zero-order valence-electron chi connectivity index (χ0n) is 14.6. The molecule has 8 heteroatoms. The number of carboxylic acids is 1. The Kier molecular flexibility index (Phi) is 4.43. The summed E-state index contributed by atoms with van der Waals surface area (Å²) in [5, 5.41) is 24.0. The average molecular weight is 373 g/mol. The molecular formula is C19H20FN3O4. The number of fused-ring (bicyclic) bond motifs is 1. The maximum atomic E-state index is 13.2. The Labute approximate surface area is 155 Å². The standard InChI is InChI=1S/C19H20FN3O4/c20-11-6-8-12(9-7-11)23-14-4-1-3-13(14)16(21-23)18(25)22-10-2-5-15(24)17(22)19(26)27/h6-9,15,17,24H,1-5,10H2,(H,26,27). The number of aliphatic carboxylic acids is 1. The molecule has 2 atom stereocenters. The van der Waals surface area contributed by atoms with Gasteiger partial charge in [0.15, 0.2) is 11.7 Å². The van der Waals surface area contributed by atoms with Gasteiger partial charge in [0, 0.05) is 17.8 Å². The number of aromatic nitrogens is 2. The molecule has 0 spiro atoms. The third-order valence-corrected chi connectivity index (χ3v) is 5.32. The van der Waals surface area contributed by atoms with Crippen LogP contribution in [0.1, 0.15) is 41.0 Å². The normalized spacial score (nSPS) is 21.9. The maximum absolute atomic E-state index is 13.2. The molecule has 27 heavy (non-hydrogen) atoms. The van der Waals surface area contributed by atoms with Crippen molar-refractivity contribution >= 4 is 11.9 Å². The zero-order chi connectivity index (χ0) is 19.1. The number of carbonyl (C=O) groups is 2. The lowest BCUT2D eigenvalue weighted by atomic mass is 9.98. The molecule has 0 radical (unpaired) electrons. The minimum absolute atomic E-state index is 0.229. The minimum Gasteiger partial charge on any atom is -0.480 e. The first kappa shape index (κ1) is 17.7. The van der Waals surface area contributed by atoms with Crippen LogP contribution in [0.2, 0.25) is 0 Å². The number of likely N-dealkylation sites (tertiary alicyclic amines) is 1. The van der Waals surface area contributed by atoms with Crippen LogP contribution in [0.15, 0.2) is 24.3 Å². The van der Waals surface area contributed by atoms with Crippen molar-refractivity contribution < 1.29 is 24.2 Å². The molecule has 1 saturated heterocycles. The van der Waals surface area contributed by atoms with Gasteiger partial charge in [0.1, 0.15) is 5.82 Å². The van der Waals surface area contributed by atoms with Gasteiger partial charge in [-0.1, -0.05) is 0 Å². The van der Waals surface area contributed by atoms with Crippen molar-refractivity contribution in [3.63, 3.8) is 0 Å². The lowest BCUT2D eigenvalue weighted by Crippen LogP contribution is -2.55. The molecule has 1 amide bonds. The fraction of sp³-hybridized carbons (Fsp3) is 0.421. The van der Waals surface area contributed by atoms with Gasteiger partial charge in [-0.2, -0.15) is 5.10 Å². The van der Waals surface area contributed by atoms with E-state index in [0.29, 0.717) is 24.9 Å². The summed E-state index contributed by atoms with van der Waals surface area (Å²) in [7, 11) is 0. The van der Waals surface area contributed by atoms with E-state index < -0.39 is 24.0 Å². The summed E-state index contributed by atoms with van der Waals surface area (Å²) in [6.45, 7) is 0.269. The highest BCUT2D eigenvalue weighted by molar-refractivity contribution is 5.97. The van der Waals surface area contributed by atoms with Crippen LogP contribution in [0.4, 0.5) is 4.39 Å². The van der Waals surface area contributed by atoms with Crippen molar-refractivity contribution in [2.75, 3.05) is 6.54 Å². The number of halogens is 1. The smallest absolute Gasteiger partial charge is 0.329 e. The summed E-state index contributed by atoms with van der Waals surface area (Å²) in [6, 6.07) is 4.60. The number of amides is 1. The molecule has 0 saturated carbocycles. The summed E-state index contributed by atoms with van der Waals surface area (Å²) in [5.41, 5.74) is 2.59. The molecular weight excluding hydrogens is 353 g/mol. The molecule has 2 unspecified atom stereocenters. The molecule has 2 aromatic rings. The lowest BCUT2D eigenvalue weighted by molar-refractivity contribution is -0.148. The maximum Gasteiger partial charge on any atom is 0.329 e. The topological polar surface area (TPSA) is 95.7 Å². The predicted octanol–water partition coefficient (Wildman–Crippen LogP) is 1.55. The number of rotatable bonds is 3. The zero-order valence-corrected chi connectivity index (χ0v) is 14.6. The summed E-state index contributed by atoms with van der Waals surface area (Å²) < 4.78 is 14.9. The Morgan fingerprint density at radius 1 is 1.15 bits per heavy atom. The van der Waals surface area contributed by atoms with Gasteiger partial charge in [-0.3, -0.25) is 4.79 Å². The Morgan fingerprint density at radius 3 is 2.59 bits per heavy atom. The fourth-order valence-corrected chi connectivity index (χ4v) is 4.04. The van der Waals surface area contributed by atoms with Crippen molar-refractivity contribution in [2.45, 2.75) is 44.2 Å². The second-order valence-corrected chi connectivity index (χ2v) is 7.01. The molecule has 1 aliphatic carbocycles. The largest absolute Gasteiger partial charge is 0.480 e. The van der Waals surface area contributed by atoms with E-state index in [-0.39, 0.29) is 18.1 Å². The third kappa shape index (κ3) is 2.99. The molecule has 2 heterocycles. The summed E-state index contributed by atoms with van der Waals surface area (Å²) in [5.74, 6) is -2.05. The van der Waals surface area contributed by atoms with Gasteiger partial charge < -0.3 is 15.1 Å². The number of nitrogens with zero attached hydrogens (tertiary/aromatic N) is 3. The van der Waals surface area contributed by atoms with E-state index in [0.717, 1.165) is 24.1 Å². The van der Waals surface area contributed by atoms with Crippen LogP contribution in [0.3, 0.4) is 0 Å².